The molecule has 0 bridgehead atoms. The molecule has 0 amide bonds. The second-order valence-electron chi connectivity index (χ2n) is 9.90. The zero-order chi connectivity index (χ0) is 23.4. The van der Waals surface area contributed by atoms with Crippen molar-refractivity contribution in [2.75, 3.05) is 7.11 Å². The number of hydrogen-bond donors (Lipinski definition) is 0. The molecule has 4 heteroatoms. The van der Waals surface area contributed by atoms with Crippen LogP contribution in [0.3, 0.4) is 0 Å². The van der Waals surface area contributed by atoms with Crippen molar-refractivity contribution in [3.63, 3.8) is 0 Å². The zero-order valence-corrected chi connectivity index (χ0v) is 22.2. The van der Waals surface area contributed by atoms with Crippen molar-refractivity contribution in [1.82, 2.24) is 0 Å². The van der Waals surface area contributed by atoms with Gasteiger partial charge in [-0.05, 0) is 16.6 Å². The van der Waals surface area contributed by atoms with E-state index in [0.717, 1.165) is 0 Å². The predicted molar refractivity (Wildman–Crippen MR) is 141 cm³/mol. The average molecular weight is 461 g/mol. The molecule has 0 heterocycles. The van der Waals surface area contributed by atoms with Gasteiger partial charge in [-0.25, -0.2) is 0 Å². The molecule has 3 rings (SSSR count). The van der Waals surface area contributed by atoms with Crippen LogP contribution in [0.1, 0.15) is 18.0 Å². The van der Waals surface area contributed by atoms with Gasteiger partial charge in [0.05, 0.1) is 29.2 Å². The normalized spacial score (nSPS) is 14.9. The Labute approximate surface area is 195 Å². The van der Waals surface area contributed by atoms with E-state index < -0.39 is 16.1 Å². The highest BCUT2D eigenvalue weighted by Gasteiger charge is 2.49. The Morgan fingerprint density at radius 1 is 0.688 bits per heavy atom. The van der Waals surface area contributed by atoms with Gasteiger partial charge >= 0.3 is 5.97 Å². The van der Waals surface area contributed by atoms with E-state index in [1.165, 1.54) is 23.0 Å². The largest absolute Gasteiger partial charge is 0.469 e. The van der Waals surface area contributed by atoms with Gasteiger partial charge in [0.2, 0.25) is 0 Å². The summed E-state index contributed by atoms with van der Waals surface area (Å²) in [5.74, 6) is -0.287. The first kappa shape index (κ1) is 24.2. The molecule has 0 spiro atoms. The lowest BCUT2D eigenvalue weighted by molar-refractivity contribution is -0.145. The highest BCUT2D eigenvalue weighted by atomic mass is 28.3. The molecule has 0 aliphatic rings. The summed E-state index contributed by atoms with van der Waals surface area (Å²) in [6, 6.07) is 32.2. The Kier molecular flexibility index (Phi) is 7.57. The molecule has 0 unspecified atom stereocenters. The molecule has 0 radical (unpaired) electrons. The molecule has 0 aliphatic carbocycles. The molecule has 32 heavy (non-hydrogen) atoms. The fourth-order valence-electron chi connectivity index (χ4n) is 5.13. The van der Waals surface area contributed by atoms with Crippen molar-refractivity contribution in [2.45, 2.75) is 44.2 Å². The molecule has 0 aromatic heterocycles. The van der Waals surface area contributed by atoms with E-state index >= 15 is 0 Å². The van der Waals surface area contributed by atoms with Gasteiger partial charge in [-0.15, -0.1) is 0 Å². The highest BCUT2D eigenvalue weighted by molar-refractivity contribution is 6.92. The van der Waals surface area contributed by atoms with E-state index in [-0.39, 0.29) is 23.0 Å². The zero-order valence-electron chi connectivity index (χ0n) is 20.2. The first-order chi connectivity index (χ1) is 15.2. The lowest BCUT2D eigenvalue weighted by atomic mass is 9.95. The van der Waals surface area contributed by atoms with E-state index in [1.54, 1.807) is 0 Å². The molecule has 0 fully saturated rings. The summed E-state index contributed by atoms with van der Waals surface area (Å²) in [6.07, 6.45) is 0. The molecule has 2 nitrogen and oxygen atoms in total. The molecule has 0 aliphatic heterocycles. The summed E-state index contributed by atoms with van der Waals surface area (Å²) < 4.78 is 5.50. The van der Waals surface area contributed by atoms with Crippen molar-refractivity contribution in [3.8, 4) is 0 Å². The van der Waals surface area contributed by atoms with Crippen LogP contribution in [-0.4, -0.2) is 29.2 Å². The van der Waals surface area contributed by atoms with Crippen molar-refractivity contribution >= 4 is 32.5 Å². The van der Waals surface area contributed by atoms with Crippen molar-refractivity contribution in [1.29, 1.82) is 0 Å². The fraction of sp³-hybridized carbons (Fsp3) is 0.321. The minimum absolute atomic E-state index is 0.0839. The number of rotatable bonds is 8. The first-order valence-corrected chi connectivity index (χ1v) is 17.6. The summed E-state index contributed by atoms with van der Waals surface area (Å²) in [6.45, 7) is 11.9. The number of ether oxygens (including phenoxy) is 1. The predicted octanol–water partition coefficient (Wildman–Crippen LogP) is 5.72. The van der Waals surface area contributed by atoms with Crippen molar-refractivity contribution in [2.24, 2.45) is 5.92 Å². The van der Waals surface area contributed by atoms with E-state index in [9.17, 15) is 4.79 Å². The number of carbonyl (C=O) groups is 1. The molecule has 168 valence electrons. The van der Waals surface area contributed by atoms with Crippen LogP contribution in [0, 0.1) is 5.92 Å². The van der Waals surface area contributed by atoms with Crippen LogP contribution in [0.4, 0.5) is 0 Å². The summed E-state index contributed by atoms with van der Waals surface area (Å²) in [5, 5.41) is 2.75. The molecular weight excluding hydrogens is 424 g/mol. The Hall–Kier alpha value is -2.44. The minimum Gasteiger partial charge on any atom is -0.469 e. The van der Waals surface area contributed by atoms with Crippen LogP contribution in [0.2, 0.25) is 31.7 Å². The Morgan fingerprint density at radius 3 is 1.53 bits per heavy atom. The van der Waals surface area contributed by atoms with Gasteiger partial charge in [0.1, 0.15) is 0 Å². The van der Waals surface area contributed by atoms with Crippen LogP contribution < -0.4 is 10.4 Å². The maximum Gasteiger partial charge on any atom is 0.308 e. The number of hydrogen-bond acceptors (Lipinski definition) is 2. The summed E-state index contributed by atoms with van der Waals surface area (Å²) in [5.41, 5.74) is 1.57. The summed E-state index contributed by atoms with van der Waals surface area (Å²) >= 11 is 0. The number of carbonyl (C=O) groups excluding carboxylic acids is 1. The van der Waals surface area contributed by atoms with Crippen molar-refractivity contribution in [3.05, 3.63) is 96.6 Å². The van der Waals surface area contributed by atoms with E-state index in [0.29, 0.717) is 0 Å². The molecule has 0 saturated heterocycles. The molecule has 0 saturated carbocycles. The number of benzene rings is 3. The van der Waals surface area contributed by atoms with Gasteiger partial charge in [0.15, 0.2) is 0 Å². The smallest absolute Gasteiger partial charge is 0.308 e. The van der Waals surface area contributed by atoms with Gasteiger partial charge < -0.3 is 4.74 Å². The Bertz CT molecular complexity index is 1000. The molecular formula is C28H36O2Si2. The van der Waals surface area contributed by atoms with Gasteiger partial charge in [0, 0.05) is 0 Å². The van der Waals surface area contributed by atoms with Crippen LogP contribution in [0.15, 0.2) is 91.0 Å². The molecule has 3 aromatic rings. The third-order valence-electron chi connectivity index (χ3n) is 7.48. The van der Waals surface area contributed by atoms with E-state index in [1.807, 2.05) is 0 Å². The van der Waals surface area contributed by atoms with Gasteiger partial charge in [-0.3, -0.25) is 4.79 Å². The van der Waals surface area contributed by atoms with Gasteiger partial charge in [-0.2, -0.15) is 0 Å². The quantitative estimate of drug-likeness (QED) is 0.317. The minimum atomic E-state index is -2.11. The van der Waals surface area contributed by atoms with E-state index in [4.69, 9.17) is 4.74 Å². The lowest BCUT2D eigenvalue weighted by Gasteiger charge is -2.44. The molecule has 3 aromatic carbocycles. The Balaban J connectivity index is 2.19. The SMILES string of the molecule is COC(=O)[C@@H]([C@H](C)[Si](C)(C)c1ccccc1)[C@H](c1ccccc1)[Si](C)(C)c1ccccc1. The maximum absolute atomic E-state index is 13.5. The van der Waals surface area contributed by atoms with E-state index in [2.05, 4.69) is 124 Å². The van der Waals surface area contributed by atoms with Crippen LogP contribution >= 0.6 is 0 Å². The fourth-order valence-corrected chi connectivity index (χ4v) is 11.9. The monoisotopic (exact) mass is 460 g/mol. The highest BCUT2D eigenvalue weighted by Crippen LogP contribution is 2.44. The van der Waals surface area contributed by atoms with Crippen molar-refractivity contribution < 1.29 is 9.53 Å². The average Bonchev–Trinajstić information content (AvgIpc) is 2.83. The third-order valence-corrected chi connectivity index (χ3v) is 16.0. The lowest BCUT2D eigenvalue weighted by Crippen LogP contribution is -2.56. The van der Waals surface area contributed by atoms with Gasteiger partial charge in [-0.1, -0.05) is 134 Å². The maximum atomic E-state index is 13.5. The summed E-state index contributed by atoms with van der Waals surface area (Å²) in [4.78, 5) is 13.5. The van der Waals surface area contributed by atoms with Crippen LogP contribution in [-0.2, 0) is 9.53 Å². The third kappa shape index (κ3) is 4.81. The number of esters is 1. The van der Waals surface area contributed by atoms with Crippen LogP contribution in [0.5, 0.6) is 0 Å². The molecule has 0 N–H and O–H groups in total. The second kappa shape index (κ2) is 10.0. The van der Waals surface area contributed by atoms with Gasteiger partial charge in [0.25, 0.3) is 0 Å². The standard InChI is InChI=1S/C28H36O2Si2/c1-22(31(3,4)24-18-12-8-13-19-24)26(28(29)30-2)27(23-16-10-7-11-17-23)32(5,6)25-20-14-9-15-21-25/h7-22,26-27H,1-6H3/t22-,26-,27-/m0/s1. The molecule has 3 atom stereocenters. The first-order valence-electron chi connectivity index (χ1n) is 11.4. The topological polar surface area (TPSA) is 26.3 Å². The summed E-state index contributed by atoms with van der Waals surface area (Å²) in [7, 11) is -2.55. The van der Waals surface area contributed by atoms with Crippen LogP contribution in [0.25, 0.3) is 0 Å². The second-order valence-corrected chi connectivity index (χ2v) is 19.5. The Morgan fingerprint density at radius 2 is 1.09 bits per heavy atom. The number of methoxy groups -OCH3 is 1.